The summed E-state index contributed by atoms with van der Waals surface area (Å²) in [5.41, 5.74) is 0.487. The average Bonchev–Trinajstić information content (AvgIpc) is 3.06. The lowest BCUT2D eigenvalue weighted by Crippen LogP contribution is -2.62. The molecule has 5 nitrogen and oxygen atoms in total. The zero-order valence-corrected chi connectivity index (χ0v) is 20.3. The molecular formula is C28H38O5. The van der Waals surface area contributed by atoms with Gasteiger partial charge in [0.15, 0.2) is 0 Å². The summed E-state index contributed by atoms with van der Waals surface area (Å²) in [6, 6.07) is 3.40. The standard InChI is InChI=1S/C28H38O5/c1-17(2)25(30)33-20-9-12-26(3)19(15-20)6-7-23-22(26)10-13-27(4)21(11-14-28(23,27)31)18-5-8-24(29)32-16-18/h5,8,16,19-23,31H,1,6-7,9-15H2,2-4H3. The van der Waals surface area contributed by atoms with Gasteiger partial charge in [0.25, 0.3) is 0 Å². The van der Waals surface area contributed by atoms with E-state index in [4.69, 9.17) is 9.15 Å². The molecule has 0 aliphatic heterocycles. The monoisotopic (exact) mass is 454 g/mol. The fourth-order valence-electron chi connectivity index (χ4n) is 8.65. The number of carbonyl (C=O) groups excluding carboxylic acids is 1. The van der Waals surface area contributed by atoms with Gasteiger partial charge in [-0.25, -0.2) is 9.59 Å². The third-order valence-corrected chi connectivity index (χ3v) is 10.6. The Labute approximate surface area is 196 Å². The first-order chi connectivity index (χ1) is 15.6. The predicted octanol–water partition coefficient (Wildman–Crippen LogP) is 5.37. The molecule has 0 amide bonds. The van der Waals surface area contributed by atoms with Gasteiger partial charge >= 0.3 is 11.6 Å². The normalized spacial score (nSPS) is 44.3. The molecule has 4 aliphatic rings. The van der Waals surface area contributed by atoms with Crippen molar-refractivity contribution in [1.82, 2.24) is 0 Å². The van der Waals surface area contributed by atoms with E-state index in [2.05, 4.69) is 20.4 Å². The van der Waals surface area contributed by atoms with Crippen molar-refractivity contribution >= 4 is 5.97 Å². The van der Waals surface area contributed by atoms with Crippen LogP contribution in [0.4, 0.5) is 0 Å². The van der Waals surface area contributed by atoms with Crippen molar-refractivity contribution in [2.45, 2.75) is 96.2 Å². The van der Waals surface area contributed by atoms with E-state index < -0.39 is 5.60 Å². The van der Waals surface area contributed by atoms with E-state index in [1.807, 2.05) is 6.07 Å². The SMILES string of the molecule is C=C(C)C(=O)OC1CCC2(C)C(CCC3C2CCC2(C)C(c4ccc(=O)oc4)CCC32O)C1. The van der Waals surface area contributed by atoms with Crippen molar-refractivity contribution < 1.29 is 19.1 Å². The second-order valence-corrected chi connectivity index (χ2v) is 11.9. The van der Waals surface area contributed by atoms with Crippen molar-refractivity contribution in [3.8, 4) is 0 Å². The highest BCUT2D eigenvalue weighted by Crippen LogP contribution is 2.70. The summed E-state index contributed by atoms with van der Waals surface area (Å²) in [5.74, 6) is 1.28. The molecule has 1 aromatic heterocycles. The first-order valence-electron chi connectivity index (χ1n) is 12.8. The van der Waals surface area contributed by atoms with Gasteiger partial charge in [-0.3, -0.25) is 0 Å². The molecule has 4 aliphatic carbocycles. The number of hydrogen-bond acceptors (Lipinski definition) is 5. The van der Waals surface area contributed by atoms with Crippen LogP contribution in [0.5, 0.6) is 0 Å². The second kappa shape index (κ2) is 7.83. The highest BCUT2D eigenvalue weighted by atomic mass is 16.5. The summed E-state index contributed by atoms with van der Waals surface area (Å²) in [6.07, 6.45) is 10.5. The first-order valence-corrected chi connectivity index (χ1v) is 12.8. The summed E-state index contributed by atoms with van der Waals surface area (Å²) >= 11 is 0. The highest BCUT2D eigenvalue weighted by molar-refractivity contribution is 5.87. The third kappa shape index (κ3) is 3.37. The molecular weight excluding hydrogens is 416 g/mol. The van der Waals surface area contributed by atoms with Crippen LogP contribution in [0.2, 0.25) is 0 Å². The van der Waals surface area contributed by atoms with E-state index in [0.717, 1.165) is 63.4 Å². The minimum absolute atomic E-state index is 0.00985. The van der Waals surface area contributed by atoms with Crippen LogP contribution in [0.3, 0.4) is 0 Å². The Morgan fingerprint density at radius 2 is 1.88 bits per heavy atom. The number of aliphatic hydroxyl groups is 1. The molecule has 33 heavy (non-hydrogen) atoms. The molecule has 0 bridgehead atoms. The van der Waals surface area contributed by atoms with Crippen molar-refractivity contribution in [1.29, 1.82) is 0 Å². The number of fused-ring (bicyclic) bond motifs is 5. The number of rotatable bonds is 3. The minimum Gasteiger partial charge on any atom is -0.459 e. The molecule has 4 fully saturated rings. The molecule has 5 heteroatoms. The molecule has 8 unspecified atom stereocenters. The Kier molecular flexibility index (Phi) is 5.43. The van der Waals surface area contributed by atoms with E-state index >= 15 is 0 Å². The van der Waals surface area contributed by atoms with E-state index in [0.29, 0.717) is 23.3 Å². The number of ether oxygens (including phenoxy) is 1. The van der Waals surface area contributed by atoms with Crippen molar-refractivity contribution in [2.75, 3.05) is 0 Å². The zero-order valence-electron chi connectivity index (χ0n) is 20.3. The Morgan fingerprint density at radius 1 is 1.09 bits per heavy atom. The van der Waals surface area contributed by atoms with E-state index in [1.165, 1.54) is 6.07 Å². The Hall–Kier alpha value is -1.88. The lowest BCUT2D eigenvalue weighted by atomic mass is 9.43. The minimum atomic E-state index is -0.687. The van der Waals surface area contributed by atoms with E-state index in [9.17, 15) is 14.7 Å². The number of hydrogen-bond donors (Lipinski definition) is 1. The fraction of sp³-hybridized carbons (Fsp3) is 0.714. The van der Waals surface area contributed by atoms with Gasteiger partial charge in [0.2, 0.25) is 0 Å². The predicted molar refractivity (Wildman–Crippen MR) is 126 cm³/mol. The molecule has 1 aromatic rings. The van der Waals surface area contributed by atoms with Crippen molar-refractivity contribution in [2.24, 2.45) is 28.6 Å². The molecule has 0 radical (unpaired) electrons. The molecule has 1 N–H and O–H groups in total. The lowest BCUT2D eigenvalue weighted by molar-refractivity contribution is -0.207. The van der Waals surface area contributed by atoms with Crippen molar-refractivity contribution in [3.63, 3.8) is 0 Å². The maximum Gasteiger partial charge on any atom is 0.335 e. The van der Waals surface area contributed by atoms with Crippen LogP contribution in [0.25, 0.3) is 0 Å². The first kappa shape index (κ1) is 22.9. The quantitative estimate of drug-likeness (QED) is 0.491. The van der Waals surface area contributed by atoms with Crippen LogP contribution in [0.15, 0.2) is 39.8 Å². The average molecular weight is 455 g/mol. The Balaban J connectivity index is 1.37. The lowest BCUT2D eigenvalue weighted by Gasteiger charge is -2.63. The molecule has 1 heterocycles. The third-order valence-electron chi connectivity index (χ3n) is 10.6. The van der Waals surface area contributed by atoms with Gasteiger partial charge in [-0.1, -0.05) is 20.4 Å². The van der Waals surface area contributed by atoms with Gasteiger partial charge in [0.1, 0.15) is 6.10 Å². The van der Waals surface area contributed by atoms with Crippen LogP contribution in [-0.4, -0.2) is 22.8 Å². The summed E-state index contributed by atoms with van der Waals surface area (Å²) in [5, 5.41) is 12.3. The van der Waals surface area contributed by atoms with Crippen LogP contribution in [0, 0.1) is 28.6 Å². The summed E-state index contributed by atoms with van der Waals surface area (Å²) in [7, 11) is 0. The molecule has 0 aromatic carbocycles. The molecule has 180 valence electrons. The van der Waals surface area contributed by atoms with Gasteiger partial charge in [-0.05, 0) is 105 Å². The summed E-state index contributed by atoms with van der Waals surface area (Å²) in [6.45, 7) is 10.1. The smallest absolute Gasteiger partial charge is 0.335 e. The van der Waals surface area contributed by atoms with E-state index in [-0.39, 0.29) is 34.4 Å². The van der Waals surface area contributed by atoms with E-state index in [1.54, 1.807) is 13.2 Å². The van der Waals surface area contributed by atoms with Gasteiger partial charge in [0, 0.05) is 17.1 Å². The van der Waals surface area contributed by atoms with Gasteiger partial charge in [0.05, 0.1) is 11.9 Å². The van der Waals surface area contributed by atoms with Crippen LogP contribution < -0.4 is 5.63 Å². The molecule has 4 saturated carbocycles. The molecule has 8 atom stereocenters. The van der Waals surface area contributed by atoms with Crippen LogP contribution in [0.1, 0.15) is 90.0 Å². The van der Waals surface area contributed by atoms with Gasteiger partial charge in [-0.15, -0.1) is 0 Å². The van der Waals surface area contributed by atoms with Crippen LogP contribution in [-0.2, 0) is 9.53 Å². The zero-order chi connectivity index (χ0) is 23.6. The largest absolute Gasteiger partial charge is 0.459 e. The molecule has 5 rings (SSSR count). The van der Waals surface area contributed by atoms with Gasteiger partial charge < -0.3 is 14.3 Å². The maximum absolute atomic E-state index is 12.3. The number of carbonyl (C=O) groups is 1. The highest BCUT2D eigenvalue weighted by Gasteiger charge is 2.67. The molecule has 0 spiro atoms. The van der Waals surface area contributed by atoms with Crippen molar-refractivity contribution in [3.05, 3.63) is 46.5 Å². The number of esters is 1. The summed E-state index contributed by atoms with van der Waals surface area (Å²) in [4.78, 5) is 23.6. The molecule has 0 saturated heterocycles. The fourth-order valence-corrected chi connectivity index (χ4v) is 8.65. The Bertz CT molecular complexity index is 991. The second-order valence-electron chi connectivity index (χ2n) is 11.9. The van der Waals surface area contributed by atoms with Gasteiger partial charge in [-0.2, -0.15) is 0 Å². The Morgan fingerprint density at radius 3 is 2.58 bits per heavy atom. The topological polar surface area (TPSA) is 76.7 Å². The maximum atomic E-state index is 12.3. The van der Waals surface area contributed by atoms with Crippen LogP contribution >= 0.6 is 0 Å². The summed E-state index contributed by atoms with van der Waals surface area (Å²) < 4.78 is 10.9.